The monoisotopic (exact) mass is 404 g/mol. The SMILES string of the molecule is Cn1c(SCC(=O)NCc2ccccc2)nnc1-c1cc2ccccc2cc1O. The van der Waals surface area contributed by atoms with E-state index in [1.54, 1.807) is 10.6 Å². The Labute approximate surface area is 172 Å². The van der Waals surface area contributed by atoms with Crippen molar-refractivity contribution in [3.8, 4) is 17.1 Å². The molecule has 0 aliphatic rings. The molecule has 4 rings (SSSR count). The lowest BCUT2D eigenvalue weighted by Gasteiger charge is -2.08. The van der Waals surface area contributed by atoms with E-state index in [9.17, 15) is 9.90 Å². The Morgan fingerprint density at radius 1 is 1.03 bits per heavy atom. The molecule has 0 spiro atoms. The number of aromatic hydroxyl groups is 1. The molecule has 146 valence electrons. The molecule has 6 nitrogen and oxygen atoms in total. The van der Waals surface area contributed by atoms with Gasteiger partial charge in [0, 0.05) is 13.6 Å². The number of phenols is 1. The van der Waals surface area contributed by atoms with Crippen molar-refractivity contribution in [2.24, 2.45) is 7.05 Å². The number of hydrogen-bond donors (Lipinski definition) is 2. The van der Waals surface area contributed by atoms with E-state index in [0.717, 1.165) is 16.3 Å². The third-order valence-corrected chi connectivity index (χ3v) is 5.62. The van der Waals surface area contributed by atoms with Gasteiger partial charge < -0.3 is 15.0 Å². The van der Waals surface area contributed by atoms with Crippen molar-refractivity contribution < 1.29 is 9.90 Å². The second kappa shape index (κ2) is 8.36. The maximum absolute atomic E-state index is 12.1. The molecular formula is C22H20N4O2S. The number of hydrogen-bond acceptors (Lipinski definition) is 5. The average molecular weight is 404 g/mol. The predicted molar refractivity (Wildman–Crippen MR) is 115 cm³/mol. The number of fused-ring (bicyclic) bond motifs is 1. The third-order valence-electron chi connectivity index (χ3n) is 4.60. The van der Waals surface area contributed by atoms with Crippen molar-refractivity contribution >= 4 is 28.4 Å². The first-order chi connectivity index (χ1) is 14.1. The molecule has 29 heavy (non-hydrogen) atoms. The van der Waals surface area contributed by atoms with E-state index in [2.05, 4.69) is 15.5 Å². The van der Waals surface area contributed by atoms with Gasteiger partial charge >= 0.3 is 0 Å². The molecule has 0 fully saturated rings. The summed E-state index contributed by atoms with van der Waals surface area (Å²) >= 11 is 1.31. The quantitative estimate of drug-likeness (QED) is 0.479. The van der Waals surface area contributed by atoms with Crippen molar-refractivity contribution in [1.29, 1.82) is 0 Å². The van der Waals surface area contributed by atoms with E-state index in [1.165, 1.54) is 11.8 Å². The summed E-state index contributed by atoms with van der Waals surface area (Å²) in [6.45, 7) is 0.495. The normalized spacial score (nSPS) is 10.9. The molecule has 1 aromatic heterocycles. The third kappa shape index (κ3) is 4.25. The molecule has 7 heteroatoms. The highest BCUT2D eigenvalue weighted by Gasteiger charge is 2.16. The molecule has 0 unspecified atom stereocenters. The van der Waals surface area contributed by atoms with E-state index in [1.807, 2.05) is 67.7 Å². The standard InChI is InChI=1S/C22H20N4O2S/c1-26-21(18-11-16-9-5-6-10-17(16)12-19(18)27)24-25-22(26)29-14-20(28)23-13-15-7-3-2-4-8-15/h2-12,27H,13-14H2,1H3,(H,23,28). The minimum Gasteiger partial charge on any atom is -0.507 e. The summed E-state index contributed by atoms with van der Waals surface area (Å²) in [4.78, 5) is 12.1. The van der Waals surface area contributed by atoms with Crippen LogP contribution in [0.15, 0.2) is 71.9 Å². The van der Waals surface area contributed by atoms with E-state index >= 15 is 0 Å². The molecule has 0 atom stereocenters. The Kier molecular flexibility index (Phi) is 5.48. The van der Waals surface area contributed by atoms with Crippen LogP contribution in [0, 0.1) is 0 Å². The van der Waals surface area contributed by atoms with Crippen molar-refractivity contribution in [2.75, 3.05) is 5.75 Å². The maximum Gasteiger partial charge on any atom is 0.230 e. The van der Waals surface area contributed by atoms with Gasteiger partial charge in [-0.05, 0) is 28.5 Å². The molecule has 0 bridgehead atoms. The Bertz CT molecular complexity index is 1160. The topological polar surface area (TPSA) is 80.0 Å². The van der Waals surface area contributed by atoms with Crippen LogP contribution in [0.1, 0.15) is 5.56 Å². The zero-order chi connectivity index (χ0) is 20.2. The fourth-order valence-electron chi connectivity index (χ4n) is 3.06. The summed E-state index contributed by atoms with van der Waals surface area (Å²) in [7, 11) is 1.83. The van der Waals surface area contributed by atoms with Crippen LogP contribution in [-0.4, -0.2) is 31.5 Å². The Morgan fingerprint density at radius 2 is 1.72 bits per heavy atom. The Hall–Kier alpha value is -3.32. The van der Waals surface area contributed by atoms with Crippen molar-refractivity contribution in [3.63, 3.8) is 0 Å². The van der Waals surface area contributed by atoms with Gasteiger partial charge in [0.25, 0.3) is 0 Å². The highest BCUT2D eigenvalue weighted by atomic mass is 32.2. The number of nitrogens with zero attached hydrogens (tertiary/aromatic N) is 3. The predicted octanol–water partition coefficient (Wildman–Crippen LogP) is 3.75. The number of rotatable bonds is 6. The van der Waals surface area contributed by atoms with Gasteiger partial charge in [-0.25, -0.2) is 0 Å². The highest BCUT2D eigenvalue weighted by Crippen LogP contribution is 2.33. The first-order valence-corrected chi connectivity index (χ1v) is 10.2. The van der Waals surface area contributed by atoms with Crippen molar-refractivity contribution in [2.45, 2.75) is 11.7 Å². The van der Waals surface area contributed by atoms with Gasteiger partial charge in [0.15, 0.2) is 11.0 Å². The summed E-state index contributed by atoms with van der Waals surface area (Å²) in [6, 6.07) is 21.2. The van der Waals surface area contributed by atoms with Crippen LogP contribution in [0.3, 0.4) is 0 Å². The molecular weight excluding hydrogens is 384 g/mol. The molecule has 1 heterocycles. The van der Waals surface area contributed by atoms with E-state index < -0.39 is 0 Å². The molecule has 2 N–H and O–H groups in total. The first kappa shape index (κ1) is 19.0. The molecule has 0 radical (unpaired) electrons. The van der Waals surface area contributed by atoms with Gasteiger partial charge in [-0.3, -0.25) is 4.79 Å². The molecule has 0 aliphatic carbocycles. The van der Waals surface area contributed by atoms with Crippen LogP contribution in [-0.2, 0) is 18.4 Å². The smallest absolute Gasteiger partial charge is 0.230 e. The number of carbonyl (C=O) groups is 1. The second-order valence-corrected chi connectivity index (χ2v) is 7.58. The Balaban J connectivity index is 1.45. The zero-order valence-corrected chi connectivity index (χ0v) is 16.7. The van der Waals surface area contributed by atoms with Gasteiger partial charge in [-0.15, -0.1) is 10.2 Å². The van der Waals surface area contributed by atoms with Crippen LogP contribution in [0.25, 0.3) is 22.2 Å². The van der Waals surface area contributed by atoms with Crippen LogP contribution in [0.5, 0.6) is 5.75 Å². The number of amides is 1. The summed E-state index contributed by atoms with van der Waals surface area (Å²) in [5.41, 5.74) is 1.66. The van der Waals surface area contributed by atoms with E-state index in [0.29, 0.717) is 23.1 Å². The molecule has 0 saturated heterocycles. The van der Waals surface area contributed by atoms with Crippen LogP contribution in [0.4, 0.5) is 0 Å². The average Bonchev–Trinajstić information content (AvgIpc) is 3.11. The number of benzene rings is 3. The van der Waals surface area contributed by atoms with Crippen LogP contribution < -0.4 is 5.32 Å². The van der Waals surface area contributed by atoms with Crippen LogP contribution >= 0.6 is 11.8 Å². The lowest BCUT2D eigenvalue weighted by atomic mass is 10.1. The second-order valence-electron chi connectivity index (χ2n) is 6.63. The fraction of sp³-hybridized carbons (Fsp3) is 0.136. The molecule has 1 amide bonds. The van der Waals surface area contributed by atoms with Gasteiger partial charge in [0.1, 0.15) is 5.75 Å². The van der Waals surface area contributed by atoms with Gasteiger partial charge in [0.05, 0.1) is 11.3 Å². The summed E-state index contributed by atoms with van der Waals surface area (Å²) in [5, 5.41) is 24.3. The molecule has 3 aromatic carbocycles. The zero-order valence-electron chi connectivity index (χ0n) is 15.9. The number of phenolic OH excluding ortho intramolecular Hbond substituents is 1. The van der Waals surface area contributed by atoms with Crippen LogP contribution in [0.2, 0.25) is 0 Å². The van der Waals surface area contributed by atoms with Gasteiger partial charge in [-0.1, -0.05) is 66.4 Å². The van der Waals surface area contributed by atoms with E-state index in [4.69, 9.17) is 0 Å². The number of aromatic nitrogens is 3. The first-order valence-electron chi connectivity index (χ1n) is 9.17. The minimum atomic E-state index is -0.0723. The highest BCUT2D eigenvalue weighted by molar-refractivity contribution is 7.99. The lowest BCUT2D eigenvalue weighted by Crippen LogP contribution is -2.24. The van der Waals surface area contributed by atoms with Gasteiger partial charge in [-0.2, -0.15) is 0 Å². The minimum absolute atomic E-state index is 0.0723. The maximum atomic E-state index is 12.1. The largest absolute Gasteiger partial charge is 0.507 e. The van der Waals surface area contributed by atoms with E-state index in [-0.39, 0.29) is 17.4 Å². The number of thioether (sulfide) groups is 1. The lowest BCUT2D eigenvalue weighted by molar-refractivity contribution is -0.118. The summed E-state index contributed by atoms with van der Waals surface area (Å²) in [6.07, 6.45) is 0. The molecule has 0 aliphatic heterocycles. The summed E-state index contributed by atoms with van der Waals surface area (Å²) < 4.78 is 1.79. The number of carbonyl (C=O) groups excluding carboxylic acids is 1. The summed E-state index contributed by atoms with van der Waals surface area (Å²) in [5.74, 6) is 0.872. The molecule has 0 saturated carbocycles. The Morgan fingerprint density at radius 3 is 2.48 bits per heavy atom. The number of nitrogens with one attached hydrogen (secondary N) is 1. The van der Waals surface area contributed by atoms with Crippen molar-refractivity contribution in [3.05, 3.63) is 72.3 Å². The van der Waals surface area contributed by atoms with Crippen molar-refractivity contribution in [1.82, 2.24) is 20.1 Å². The fourth-order valence-corrected chi connectivity index (χ4v) is 3.80. The van der Waals surface area contributed by atoms with Gasteiger partial charge in [0.2, 0.25) is 5.91 Å². The molecule has 4 aromatic rings.